The van der Waals surface area contributed by atoms with Gasteiger partial charge >= 0.3 is 0 Å². The first-order chi connectivity index (χ1) is 12.6. The van der Waals surface area contributed by atoms with Crippen molar-refractivity contribution < 1.29 is 9.59 Å². The van der Waals surface area contributed by atoms with E-state index < -0.39 is 0 Å². The zero-order chi connectivity index (χ0) is 20.0. The lowest BCUT2D eigenvalue weighted by molar-refractivity contribution is -0.132. The summed E-state index contributed by atoms with van der Waals surface area (Å²) in [6.07, 6.45) is 1.67. The maximum Gasteiger partial charge on any atom is 0.265 e. The van der Waals surface area contributed by atoms with Gasteiger partial charge in [-0.25, -0.2) is 0 Å². The quantitative estimate of drug-likeness (QED) is 0.455. The normalized spacial score (nSPS) is 15.0. The van der Waals surface area contributed by atoms with E-state index in [9.17, 15) is 9.59 Å². The smallest absolute Gasteiger partial charge is 0.265 e. The number of likely N-dealkylation sites (N-methyl/N-ethyl adjacent to an activating group) is 2. The van der Waals surface area contributed by atoms with E-state index >= 15 is 0 Å². The number of hydrogen-bond acceptors (Lipinski definition) is 3. The van der Waals surface area contributed by atoms with Gasteiger partial charge in [0.1, 0.15) is 5.57 Å². The lowest BCUT2D eigenvalue weighted by Crippen LogP contribution is -2.52. The van der Waals surface area contributed by atoms with Crippen LogP contribution in [0.15, 0.2) is 29.8 Å². The Bertz CT molecular complexity index is 970. The first kappa shape index (κ1) is 19.0. The highest BCUT2D eigenvalue weighted by Crippen LogP contribution is 2.28. The van der Waals surface area contributed by atoms with Crippen LogP contribution in [0.4, 0.5) is 0 Å². The predicted molar refractivity (Wildman–Crippen MR) is 111 cm³/mol. The van der Waals surface area contributed by atoms with E-state index in [-0.39, 0.29) is 22.5 Å². The molecular weight excluding hydrogens is 358 g/mol. The van der Waals surface area contributed by atoms with Gasteiger partial charge in [-0.2, -0.15) is 0 Å². The molecule has 0 radical (unpaired) electrons. The zero-order valence-electron chi connectivity index (χ0n) is 16.5. The average molecular weight is 382 g/mol. The number of benzene rings is 1. The molecule has 1 aromatic heterocycles. The van der Waals surface area contributed by atoms with Gasteiger partial charge in [-0.05, 0) is 68.7 Å². The molecule has 3 rings (SSSR count). The Morgan fingerprint density at radius 3 is 1.96 bits per heavy atom. The number of aryl methyl sites for hydroxylation is 3. The molecule has 5 nitrogen and oxygen atoms in total. The van der Waals surface area contributed by atoms with Gasteiger partial charge in [-0.1, -0.05) is 18.2 Å². The van der Waals surface area contributed by atoms with Gasteiger partial charge in [0, 0.05) is 25.5 Å². The molecule has 0 N–H and O–H groups in total. The van der Waals surface area contributed by atoms with Crippen LogP contribution in [0.1, 0.15) is 28.1 Å². The lowest BCUT2D eigenvalue weighted by atomic mass is 10.1. The summed E-state index contributed by atoms with van der Waals surface area (Å²) >= 11 is 5.14. The van der Waals surface area contributed by atoms with Gasteiger partial charge in [0.2, 0.25) is 0 Å². The summed E-state index contributed by atoms with van der Waals surface area (Å²) in [6.45, 7) is 8.19. The molecule has 2 aromatic rings. The highest BCUT2D eigenvalue weighted by molar-refractivity contribution is 7.80. The number of hydrogen-bond donors (Lipinski definition) is 0. The second-order valence-corrected chi connectivity index (χ2v) is 7.34. The summed E-state index contributed by atoms with van der Waals surface area (Å²) in [5, 5.41) is 0.211. The first-order valence-electron chi connectivity index (χ1n) is 8.72. The Balaban J connectivity index is 2.15. The molecule has 0 unspecified atom stereocenters. The molecular formula is C21H23N3O2S. The van der Waals surface area contributed by atoms with Gasteiger partial charge < -0.3 is 4.57 Å². The van der Waals surface area contributed by atoms with Crippen molar-refractivity contribution >= 4 is 35.2 Å². The lowest BCUT2D eigenvalue weighted by Gasteiger charge is -2.31. The number of thiocarbonyl (C=S) groups is 1. The molecule has 140 valence electrons. The Hall–Kier alpha value is -2.73. The molecule has 1 aromatic carbocycles. The van der Waals surface area contributed by atoms with Gasteiger partial charge in [0.15, 0.2) is 5.11 Å². The van der Waals surface area contributed by atoms with E-state index in [1.807, 2.05) is 26.0 Å². The van der Waals surface area contributed by atoms with Gasteiger partial charge in [-0.3, -0.25) is 19.4 Å². The van der Waals surface area contributed by atoms with E-state index in [0.717, 1.165) is 22.6 Å². The van der Waals surface area contributed by atoms with Gasteiger partial charge in [-0.15, -0.1) is 0 Å². The first-order valence-corrected chi connectivity index (χ1v) is 9.13. The van der Waals surface area contributed by atoms with Crippen molar-refractivity contribution in [1.82, 2.24) is 14.4 Å². The van der Waals surface area contributed by atoms with Crippen LogP contribution in [0.25, 0.3) is 11.8 Å². The van der Waals surface area contributed by atoms with Crippen molar-refractivity contribution in [2.45, 2.75) is 27.7 Å². The third-order valence-electron chi connectivity index (χ3n) is 5.08. The minimum atomic E-state index is -0.375. The largest absolute Gasteiger partial charge is 0.317 e. The highest BCUT2D eigenvalue weighted by Gasteiger charge is 2.35. The average Bonchev–Trinajstić information content (AvgIpc) is 2.89. The third kappa shape index (κ3) is 3.00. The van der Waals surface area contributed by atoms with Crippen molar-refractivity contribution in [1.29, 1.82) is 0 Å². The molecule has 2 heterocycles. The van der Waals surface area contributed by atoms with Crippen LogP contribution in [0.2, 0.25) is 0 Å². The summed E-state index contributed by atoms with van der Waals surface area (Å²) in [7, 11) is 3.17. The van der Waals surface area contributed by atoms with E-state index in [0.29, 0.717) is 0 Å². The number of aromatic nitrogens is 1. The Labute approximate surface area is 164 Å². The van der Waals surface area contributed by atoms with Crippen molar-refractivity contribution in [3.63, 3.8) is 0 Å². The minimum absolute atomic E-state index is 0.121. The molecule has 0 bridgehead atoms. The predicted octanol–water partition coefficient (Wildman–Crippen LogP) is 3.31. The third-order valence-corrected chi connectivity index (χ3v) is 5.62. The summed E-state index contributed by atoms with van der Waals surface area (Å²) in [5.74, 6) is -0.750. The maximum atomic E-state index is 12.6. The maximum absolute atomic E-state index is 12.6. The molecule has 0 atom stereocenters. The number of nitrogens with zero attached hydrogens (tertiary/aromatic N) is 3. The number of carbonyl (C=O) groups is 2. The van der Waals surface area contributed by atoms with Crippen LogP contribution < -0.4 is 0 Å². The molecule has 2 amide bonds. The van der Waals surface area contributed by atoms with Crippen LogP contribution >= 0.6 is 12.2 Å². The zero-order valence-corrected chi connectivity index (χ0v) is 17.3. The number of amides is 2. The summed E-state index contributed by atoms with van der Waals surface area (Å²) in [4.78, 5) is 27.8. The molecule has 6 heteroatoms. The summed E-state index contributed by atoms with van der Waals surface area (Å²) < 4.78 is 2.17. The SMILES string of the molecule is Cc1cccc(C)c1-n1c(C)cc(C=C2C(=O)N(C)C(=S)N(C)C2=O)c1C. The topological polar surface area (TPSA) is 45.6 Å². The minimum Gasteiger partial charge on any atom is -0.317 e. The van der Waals surface area contributed by atoms with Crippen molar-refractivity contribution in [2.24, 2.45) is 0 Å². The molecule has 1 aliphatic rings. The fraction of sp³-hybridized carbons (Fsp3) is 0.286. The standard InChI is InChI=1S/C21H23N3O2S/c1-12-8-7-9-13(2)18(12)24-14(3)10-16(15(24)4)11-17-19(25)22(5)21(27)23(6)20(17)26/h7-11H,1-6H3. The Morgan fingerprint density at radius 2 is 1.44 bits per heavy atom. The van der Waals surface area contributed by atoms with Crippen LogP contribution in [0, 0.1) is 27.7 Å². The van der Waals surface area contributed by atoms with E-state index in [1.165, 1.54) is 20.9 Å². The molecule has 1 saturated heterocycles. The Kier molecular flexibility index (Phi) is 4.78. The molecule has 0 spiro atoms. The molecule has 1 fully saturated rings. The number of para-hydroxylation sites is 1. The second-order valence-electron chi connectivity index (χ2n) is 6.97. The molecule has 0 aliphatic carbocycles. The van der Waals surface area contributed by atoms with Gasteiger partial charge in [0.05, 0.1) is 5.69 Å². The Morgan fingerprint density at radius 1 is 0.926 bits per heavy atom. The van der Waals surface area contributed by atoms with Crippen LogP contribution in [0.5, 0.6) is 0 Å². The van der Waals surface area contributed by atoms with Crippen LogP contribution in [0.3, 0.4) is 0 Å². The van der Waals surface area contributed by atoms with Crippen molar-refractivity contribution in [3.8, 4) is 5.69 Å². The van der Waals surface area contributed by atoms with E-state index in [1.54, 1.807) is 20.2 Å². The fourth-order valence-electron chi connectivity index (χ4n) is 3.57. The van der Waals surface area contributed by atoms with Crippen LogP contribution in [-0.4, -0.2) is 45.4 Å². The summed E-state index contributed by atoms with van der Waals surface area (Å²) in [6, 6.07) is 8.21. The number of rotatable bonds is 2. The van der Waals surface area contributed by atoms with E-state index in [4.69, 9.17) is 12.2 Å². The van der Waals surface area contributed by atoms with E-state index in [2.05, 4.69) is 30.5 Å². The number of carbonyl (C=O) groups excluding carboxylic acids is 2. The fourth-order valence-corrected chi connectivity index (χ4v) is 3.73. The van der Waals surface area contributed by atoms with Gasteiger partial charge in [0.25, 0.3) is 11.8 Å². The monoisotopic (exact) mass is 381 g/mol. The molecule has 0 saturated carbocycles. The molecule has 27 heavy (non-hydrogen) atoms. The van der Waals surface area contributed by atoms with Crippen molar-refractivity contribution in [2.75, 3.05) is 14.1 Å². The highest BCUT2D eigenvalue weighted by atomic mass is 32.1. The molecule has 1 aliphatic heterocycles. The second kappa shape index (κ2) is 6.78. The summed E-state index contributed by atoms with van der Waals surface area (Å²) in [5.41, 5.74) is 6.48. The van der Waals surface area contributed by atoms with Crippen LogP contribution in [-0.2, 0) is 9.59 Å². The van der Waals surface area contributed by atoms with Crippen molar-refractivity contribution in [3.05, 3.63) is 57.9 Å².